The van der Waals surface area contributed by atoms with Crippen LogP contribution in [0.3, 0.4) is 0 Å². The number of benzene rings is 2. The number of carbonyl (C=O) groups is 1. The lowest BCUT2D eigenvalue weighted by molar-refractivity contribution is -0.132. The number of anilines is 1. The van der Waals surface area contributed by atoms with Crippen molar-refractivity contribution in [2.45, 2.75) is 6.92 Å². The molecule has 150 valence electrons. The van der Waals surface area contributed by atoms with Gasteiger partial charge in [0.2, 0.25) is 5.91 Å². The molecule has 28 heavy (non-hydrogen) atoms. The first kappa shape index (κ1) is 20.1. The van der Waals surface area contributed by atoms with Gasteiger partial charge >= 0.3 is 0 Å². The molecule has 0 saturated carbocycles. The minimum absolute atomic E-state index is 0.103. The Hall–Kier alpha value is -2.60. The quantitative estimate of drug-likeness (QED) is 0.734. The third-order valence-corrected chi connectivity index (χ3v) is 4.99. The topological polar surface area (TPSA) is 36.0 Å². The Kier molecular flexibility index (Phi) is 6.87. The molecule has 0 aromatic heterocycles. The smallest absolute Gasteiger partial charge is 0.236 e. The highest BCUT2D eigenvalue weighted by Crippen LogP contribution is 2.20. The van der Waals surface area contributed by atoms with Crippen molar-refractivity contribution in [3.05, 3.63) is 59.9 Å². The molecule has 0 unspecified atom stereocenters. The Balaban J connectivity index is 1.39. The van der Waals surface area contributed by atoms with E-state index in [1.54, 1.807) is 12.1 Å². The number of hydrogen-bond donors (Lipinski definition) is 0. The van der Waals surface area contributed by atoms with Crippen LogP contribution in [0, 0.1) is 12.7 Å². The largest absolute Gasteiger partial charge is 0.492 e. The molecule has 2 aromatic carbocycles. The zero-order valence-electron chi connectivity index (χ0n) is 16.6. The average Bonchev–Trinajstić information content (AvgIpc) is 2.70. The maximum atomic E-state index is 13.9. The summed E-state index contributed by atoms with van der Waals surface area (Å²) in [4.78, 5) is 18.4. The molecule has 0 aliphatic carbocycles. The third kappa shape index (κ3) is 5.45. The highest BCUT2D eigenvalue weighted by molar-refractivity contribution is 5.78. The van der Waals surface area contributed by atoms with Crippen molar-refractivity contribution in [1.29, 1.82) is 0 Å². The lowest BCUT2D eigenvalue weighted by Gasteiger charge is -2.36. The minimum Gasteiger partial charge on any atom is -0.492 e. The zero-order valence-corrected chi connectivity index (χ0v) is 16.6. The van der Waals surface area contributed by atoms with E-state index in [0.717, 1.165) is 5.75 Å². The highest BCUT2D eigenvalue weighted by Gasteiger charge is 2.23. The number of halogens is 1. The summed E-state index contributed by atoms with van der Waals surface area (Å²) in [5, 5.41) is 0. The molecular weight excluding hydrogens is 357 g/mol. The van der Waals surface area contributed by atoms with Crippen molar-refractivity contribution in [1.82, 2.24) is 9.80 Å². The maximum absolute atomic E-state index is 13.9. The second-order valence-corrected chi connectivity index (χ2v) is 7.22. The maximum Gasteiger partial charge on any atom is 0.236 e. The van der Waals surface area contributed by atoms with E-state index in [1.807, 2.05) is 59.0 Å². The molecule has 1 aliphatic heterocycles. The molecule has 1 saturated heterocycles. The van der Waals surface area contributed by atoms with E-state index in [0.29, 0.717) is 51.6 Å². The first-order chi connectivity index (χ1) is 13.5. The molecule has 2 aromatic rings. The first-order valence-electron chi connectivity index (χ1n) is 9.68. The van der Waals surface area contributed by atoms with Crippen LogP contribution in [0.15, 0.2) is 48.5 Å². The Morgan fingerprint density at radius 2 is 1.75 bits per heavy atom. The van der Waals surface area contributed by atoms with Gasteiger partial charge in [-0.15, -0.1) is 0 Å². The summed E-state index contributed by atoms with van der Waals surface area (Å²) in [5.74, 6) is 0.733. The van der Waals surface area contributed by atoms with E-state index in [2.05, 4.69) is 0 Å². The summed E-state index contributed by atoms with van der Waals surface area (Å²) >= 11 is 0. The van der Waals surface area contributed by atoms with Crippen LogP contribution in [0.5, 0.6) is 5.75 Å². The number of aryl methyl sites for hydroxylation is 1. The van der Waals surface area contributed by atoms with Gasteiger partial charge in [0.25, 0.3) is 0 Å². The van der Waals surface area contributed by atoms with E-state index in [4.69, 9.17) is 4.74 Å². The van der Waals surface area contributed by atoms with E-state index in [1.165, 1.54) is 11.6 Å². The monoisotopic (exact) mass is 385 g/mol. The second kappa shape index (κ2) is 9.55. The lowest BCUT2D eigenvalue weighted by Crippen LogP contribution is -2.51. The Bertz CT molecular complexity index is 774. The first-order valence-corrected chi connectivity index (χ1v) is 9.68. The summed E-state index contributed by atoms with van der Waals surface area (Å²) in [6.07, 6.45) is 0. The van der Waals surface area contributed by atoms with E-state index >= 15 is 0 Å². The Morgan fingerprint density at radius 1 is 1.07 bits per heavy atom. The molecule has 0 spiro atoms. The molecule has 0 atom stereocenters. The van der Waals surface area contributed by atoms with Gasteiger partial charge in [0.1, 0.15) is 18.2 Å². The fraction of sp³-hybridized carbons (Fsp3) is 0.409. The highest BCUT2D eigenvalue weighted by atomic mass is 19.1. The Morgan fingerprint density at radius 3 is 2.43 bits per heavy atom. The lowest BCUT2D eigenvalue weighted by atomic mass is 10.2. The summed E-state index contributed by atoms with van der Waals surface area (Å²) in [6, 6.07) is 14.7. The van der Waals surface area contributed by atoms with Gasteiger partial charge < -0.3 is 14.5 Å². The summed E-state index contributed by atoms with van der Waals surface area (Å²) in [7, 11) is 1.92. The predicted molar refractivity (Wildman–Crippen MR) is 109 cm³/mol. The van der Waals surface area contributed by atoms with Crippen LogP contribution in [-0.2, 0) is 4.79 Å². The van der Waals surface area contributed by atoms with E-state index in [-0.39, 0.29) is 11.7 Å². The van der Waals surface area contributed by atoms with Crippen LogP contribution in [-0.4, -0.2) is 68.6 Å². The normalized spacial score (nSPS) is 14.4. The van der Waals surface area contributed by atoms with Crippen LogP contribution in [0.1, 0.15) is 5.56 Å². The van der Waals surface area contributed by atoms with Gasteiger partial charge in [-0.3, -0.25) is 9.69 Å². The van der Waals surface area contributed by atoms with Crippen LogP contribution in [0.4, 0.5) is 10.1 Å². The van der Waals surface area contributed by atoms with Gasteiger partial charge in [-0.1, -0.05) is 29.8 Å². The number of likely N-dealkylation sites (N-methyl/N-ethyl adjacent to an activating group) is 1. The van der Waals surface area contributed by atoms with Gasteiger partial charge in [0, 0.05) is 32.7 Å². The molecule has 1 aliphatic rings. The van der Waals surface area contributed by atoms with Gasteiger partial charge in [-0.2, -0.15) is 0 Å². The van der Waals surface area contributed by atoms with Gasteiger partial charge in [-0.25, -0.2) is 4.39 Å². The number of ether oxygens (including phenoxy) is 1. The fourth-order valence-corrected chi connectivity index (χ4v) is 3.27. The number of amides is 1. The molecule has 0 radical (unpaired) electrons. The number of carbonyl (C=O) groups excluding carboxylic acids is 1. The number of hydrogen-bond acceptors (Lipinski definition) is 4. The van der Waals surface area contributed by atoms with Crippen LogP contribution in [0.25, 0.3) is 0 Å². The average molecular weight is 385 g/mol. The molecular formula is C22H28FN3O2. The summed E-state index contributed by atoms with van der Waals surface area (Å²) in [5.41, 5.74) is 1.81. The van der Waals surface area contributed by atoms with Crippen molar-refractivity contribution >= 4 is 11.6 Å². The second-order valence-electron chi connectivity index (χ2n) is 7.22. The molecule has 0 bridgehead atoms. The van der Waals surface area contributed by atoms with Crippen molar-refractivity contribution in [2.75, 3.05) is 57.8 Å². The molecule has 1 amide bonds. The van der Waals surface area contributed by atoms with E-state index in [9.17, 15) is 9.18 Å². The summed E-state index contributed by atoms with van der Waals surface area (Å²) < 4.78 is 19.6. The molecule has 1 heterocycles. The fourth-order valence-electron chi connectivity index (χ4n) is 3.27. The van der Waals surface area contributed by atoms with E-state index < -0.39 is 0 Å². The zero-order chi connectivity index (χ0) is 19.9. The summed E-state index contributed by atoms with van der Waals surface area (Å²) in [6.45, 7) is 6.13. The molecule has 0 N–H and O–H groups in total. The number of rotatable bonds is 7. The number of nitrogens with zero attached hydrogens (tertiary/aromatic N) is 3. The molecule has 1 fully saturated rings. The van der Waals surface area contributed by atoms with Crippen molar-refractivity contribution < 1.29 is 13.9 Å². The third-order valence-electron chi connectivity index (χ3n) is 4.99. The van der Waals surface area contributed by atoms with Crippen molar-refractivity contribution in [3.8, 4) is 5.75 Å². The molecule has 6 heteroatoms. The molecule has 3 rings (SSSR count). The van der Waals surface area contributed by atoms with Gasteiger partial charge in [0.05, 0.1) is 12.2 Å². The number of para-hydroxylation sites is 1. The standard InChI is InChI=1S/C22H28FN3O2/c1-18-7-9-19(10-8-18)28-16-15-24(2)17-22(27)26-13-11-25(12-14-26)21-6-4-3-5-20(21)23/h3-10H,11-17H2,1-2H3. The van der Waals surface area contributed by atoms with Crippen LogP contribution < -0.4 is 9.64 Å². The van der Waals surface area contributed by atoms with Crippen molar-refractivity contribution in [3.63, 3.8) is 0 Å². The van der Waals surface area contributed by atoms with Gasteiger partial charge in [0.15, 0.2) is 0 Å². The SMILES string of the molecule is Cc1ccc(OCCN(C)CC(=O)N2CCN(c3ccccc3F)CC2)cc1. The minimum atomic E-state index is -0.212. The van der Waals surface area contributed by atoms with Crippen molar-refractivity contribution in [2.24, 2.45) is 0 Å². The number of piperazine rings is 1. The molecule has 5 nitrogen and oxygen atoms in total. The van der Waals surface area contributed by atoms with Gasteiger partial charge in [-0.05, 0) is 38.2 Å². The predicted octanol–water partition coefficient (Wildman–Crippen LogP) is 2.79. The van der Waals surface area contributed by atoms with Crippen LogP contribution >= 0.6 is 0 Å². The Labute approximate surface area is 166 Å². The van der Waals surface area contributed by atoms with Crippen LogP contribution in [0.2, 0.25) is 0 Å².